The summed E-state index contributed by atoms with van der Waals surface area (Å²) in [5, 5.41) is 5.14. The van der Waals surface area contributed by atoms with Gasteiger partial charge in [0.2, 0.25) is 5.91 Å². The molecule has 154 valence electrons. The third-order valence-corrected chi connectivity index (χ3v) is 5.87. The van der Waals surface area contributed by atoms with E-state index in [1.807, 2.05) is 36.4 Å². The van der Waals surface area contributed by atoms with E-state index in [1.165, 1.54) is 5.56 Å². The van der Waals surface area contributed by atoms with Crippen molar-refractivity contribution >= 4 is 22.4 Å². The van der Waals surface area contributed by atoms with Gasteiger partial charge in [0.1, 0.15) is 12.4 Å². The number of amides is 1. The standard InChI is InChI=1S/C26H27NO3/c1-3-16-30-24-13-12-23(21-6-4-5-7-22(21)24)27-25(28)26(14-17-29-18-15-26)20-10-8-19(2)9-11-20/h3-13H,1,14-18H2,2H3,(H,27,28). The van der Waals surface area contributed by atoms with Gasteiger partial charge in [-0.1, -0.05) is 66.7 Å². The van der Waals surface area contributed by atoms with Gasteiger partial charge >= 0.3 is 0 Å². The minimum Gasteiger partial charge on any atom is -0.489 e. The number of ether oxygens (including phenoxy) is 2. The van der Waals surface area contributed by atoms with Crippen molar-refractivity contribution in [2.45, 2.75) is 25.2 Å². The lowest BCUT2D eigenvalue weighted by Crippen LogP contribution is -2.44. The van der Waals surface area contributed by atoms with Crippen molar-refractivity contribution in [3.63, 3.8) is 0 Å². The summed E-state index contributed by atoms with van der Waals surface area (Å²) in [4.78, 5) is 13.7. The van der Waals surface area contributed by atoms with Crippen LogP contribution in [0.1, 0.15) is 24.0 Å². The highest BCUT2D eigenvalue weighted by Crippen LogP contribution is 2.38. The van der Waals surface area contributed by atoms with Crippen LogP contribution >= 0.6 is 0 Å². The van der Waals surface area contributed by atoms with E-state index in [-0.39, 0.29) is 5.91 Å². The molecule has 3 aromatic carbocycles. The van der Waals surface area contributed by atoms with Gasteiger partial charge < -0.3 is 14.8 Å². The summed E-state index contributed by atoms with van der Waals surface area (Å²) in [6, 6.07) is 20.1. The van der Waals surface area contributed by atoms with Crippen LogP contribution in [-0.2, 0) is 14.9 Å². The third-order valence-electron chi connectivity index (χ3n) is 5.87. The lowest BCUT2D eigenvalue weighted by molar-refractivity contribution is -0.125. The van der Waals surface area contributed by atoms with Crippen molar-refractivity contribution in [1.82, 2.24) is 0 Å². The van der Waals surface area contributed by atoms with Gasteiger partial charge in [-0.3, -0.25) is 4.79 Å². The number of hydrogen-bond acceptors (Lipinski definition) is 3. The first-order valence-electron chi connectivity index (χ1n) is 10.4. The largest absolute Gasteiger partial charge is 0.489 e. The Morgan fingerprint density at radius 1 is 1.07 bits per heavy atom. The van der Waals surface area contributed by atoms with E-state index >= 15 is 0 Å². The van der Waals surface area contributed by atoms with Gasteiger partial charge in [-0.2, -0.15) is 0 Å². The van der Waals surface area contributed by atoms with Crippen LogP contribution in [0.15, 0.2) is 73.3 Å². The molecule has 4 heteroatoms. The zero-order chi connectivity index (χ0) is 21.0. The first-order chi connectivity index (χ1) is 14.6. The lowest BCUT2D eigenvalue weighted by Gasteiger charge is -2.36. The molecule has 0 radical (unpaired) electrons. The molecule has 1 aliphatic rings. The highest BCUT2D eigenvalue weighted by atomic mass is 16.5. The quantitative estimate of drug-likeness (QED) is 0.563. The number of carbonyl (C=O) groups excluding carboxylic acids is 1. The molecule has 1 aliphatic heterocycles. The lowest BCUT2D eigenvalue weighted by atomic mass is 9.73. The summed E-state index contributed by atoms with van der Waals surface area (Å²) in [7, 11) is 0. The van der Waals surface area contributed by atoms with Crippen LogP contribution in [0.4, 0.5) is 5.69 Å². The van der Waals surface area contributed by atoms with Gasteiger partial charge in [0.15, 0.2) is 0 Å². The molecule has 4 rings (SSSR count). The maximum absolute atomic E-state index is 13.7. The predicted octanol–water partition coefficient (Wildman–Crippen LogP) is 5.40. The molecule has 0 saturated carbocycles. The van der Waals surface area contributed by atoms with Crippen LogP contribution in [0.3, 0.4) is 0 Å². The summed E-state index contributed by atoms with van der Waals surface area (Å²) in [6.07, 6.45) is 3.06. The van der Waals surface area contributed by atoms with Gasteiger partial charge in [-0.05, 0) is 37.5 Å². The SMILES string of the molecule is C=CCOc1ccc(NC(=O)C2(c3ccc(C)cc3)CCOCC2)c2ccccc12. The Labute approximate surface area is 177 Å². The monoisotopic (exact) mass is 401 g/mol. The Morgan fingerprint density at radius 2 is 1.77 bits per heavy atom. The molecule has 4 nitrogen and oxygen atoms in total. The van der Waals surface area contributed by atoms with Gasteiger partial charge in [0.25, 0.3) is 0 Å². The second-order valence-electron chi connectivity index (χ2n) is 7.77. The smallest absolute Gasteiger partial charge is 0.235 e. The molecular weight excluding hydrogens is 374 g/mol. The van der Waals surface area contributed by atoms with Gasteiger partial charge in [0, 0.05) is 29.7 Å². The Balaban J connectivity index is 1.70. The summed E-state index contributed by atoms with van der Waals surface area (Å²) >= 11 is 0. The predicted molar refractivity (Wildman–Crippen MR) is 121 cm³/mol. The van der Waals surface area contributed by atoms with Crippen molar-refractivity contribution < 1.29 is 14.3 Å². The number of rotatable bonds is 6. The van der Waals surface area contributed by atoms with Gasteiger partial charge in [0.05, 0.1) is 5.41 Å². The summed E-state index contributed by atoms with van der Waals surface area (Å²) in [5.41, 5.74) is 2.43. The molecule has 3 aromatic rings. The molecule has 0 unspecified atom stereocenters. The van der Waals surface area contributed by atoms with Crippen LogP contribution in [0.5, 0.6) is 5.75 Å². The first kappa shape index (κ1) is 20.2. The highest BCUT2D eigenvalue weighted by molar-refractivity contribution is 6.07. The Hall–Kier alpha value is -3.11. The Bertz CT molecular complexity index is 1050. The summed E-state index contributed by atoms with van der Waals surface area (Å²) in [6.45, 7) is 7.37. The summed E-state index contributed by atoms with van der Waals surface area (Å²) < 4.78 is 11.4. The number of carbonyl (C=O) groups is 1. The number of aryl methyl sites for hydroxylation is 1. The van der Waals surface area contributed by atoms with Crippen molar-refractivity contribution in [3.8, 4) is 5.75 Å². The van der Waals surface area contributed by atoms with Crippen molar-refractivity contribution in [3.05, 3.63) is 84.4 Å². The molecule has 1 saturated heterocycles. The van der Waals surface area contributed by atoms with E-state index in [4.69, 9.17) is 9.47 Å². The van der Waals surface area contributed by atoms with E-state index in [2.05, 4.69) is 43.1 Å². The molecule has 0 aromatic heterocycles. The van der Waals surface area contributed by atoms with Crippen LogP contribution in [0, 0.1) is 6.92 Å². The maximum atomic E-state index is 13.7. The highest BCUT2D eigenvalue weighted by Gasteiger charge is 2.41. The minimum atomic E-state index is -0.592. The van der Waals surface area contributed by atoms with Crippen LogP contribution in [0.25, 0.3) is 10.8 Å². The molecule has 1 N–H and O–H groups in total. The molecule has 30 heavy (non-hydrogen) atoms. The first-order valence-corrected chi connectivity index (χ1v) is 10.4. The number of benzene rings is 3. The Kier molecular flexibility index (Phi) is 5.86. The van der Waals surface area contributed by atoms with Gasteiger partial charge in [-0.25, -0.2) is 0 Å². The molecule has 1 heterocycles. The van der Waals surface area contributed by atoms with E-state index in [1.54, 1.807) is 6.08 Å². The molecule has 0 atom stereocenters. The summed E-state index contributed by atoms with van der Waals surface area (Å²) in [5.74, 6) is 0.794. The topological polar surface area (TPSA) is 47.6 Å². The van der Waals surface area contributed by atoms with E-state index in [0.29, 0.717) is 32.7 Å². The van der Waals surface area contributed by atoms with Crippen LogP contribution in [-0.4, -0.2) is 25.7 Å². The molecule has 0 bridgehead atoms. The normalized spacial score (nSPS) is 15.5. The average Bonchev–Trinajstić information content (AvgIpc) is 2.79. The maximum Gasteiger partial charge on any atom is 0.235 e. The van der Waals surface area contributed by atoms with Crippen molar-refractivity contribution in [2.24, 2.45) is 0 Å². The van der Waals surface area contributed by atoms with E-state index in [9.17, 15) is 4.79 Å². The fraction of sp³-hybridized carbons (Fsp3) is 0.269. The number of anilines is 1. The fourth-order valence-corrected chi connectivity index (χ4v) is 4.14. The zero-order valence-electron chi connectivity index (χ0n) is 17.3. The Morgan fingerprint density at radius 3 is 2.47 bits per heavy atom. The van der Waals surface area contributed by atoms with E-state index < -0.39 is 5.41 Å². The molecular formula is C26H27NO3. The molecule has 0 spiro atoms. The van der Waals surface area contributed by atoms with Crippen LogP contribution in [0.2, 0.25) is 0 Å². The van der Waals surface area contributed by atoms with E-state index in [0.717, 1.165) is 27.8 Å². The second-order valence-corrected chi connectivity index (χ2v) is 7.77. The number of hydrogen-bond donors (Lipinski definition) is 1. The van der Waals surface area contributed by atoms with Crippen LogP contribution < -0.4 is 10.1 Å². The minimum absolute atomic E-state index is 0.0135. The van der Waals surface area contributed by atoms with Crippen molar-refractivity contribution in [2.75, 3.05) is 25.1 Å². The molecule has 1 amide bonds. The molecule has 1 fully saturated rings. The average molecular weight is 402 g/mol. The molecule has 0 aliphatic carbocycles. The number of fused-ring (bicyclic) bond motifs is 1. The zero-order valence-corrected chi connectivity index (χ0v) is 17.3. The fourth-order valence-electron chi connectivity index (χ4n) is 4.14. The third kappa shape index (κ3) is 3.83. The number of nitrogens with one attached hydrogen (secondary N) is 1. The van der Waals surface area contributed by atoms with Crippen molar-refractivity contribution in [1.29, 1.82) is 0 Å². The van der Waals surface area contributed by atoms with Gasteiger partial charge in [-0.15, -0.1) is 0 Å². The second kappa shape index (κ2) is 8.72.